The van der Waals surface area contributed by atoms with Crippen molar-refractivity contribution in [3.05, 3.63) is 53.6 Å². The van der Waals surface area contributed by atoms with Crippen molar-refractivity contribution >= 4 is 35.0 Å². The summed E-state index contributed by atoms with van der Waals surface area (Å²) >= 11 is 0. The van der Waals surface area contributed by atoms with Gasteiger partial charge in [0.05, 0.1) is 64.0 Å². The van der Waals surface area contributed by atoms with E-state index < -0.39 is 29.7 Å². The molecule has 1 fully saturated rings. The largest absolute Gasteiger partial charge is 0.491 e. The molecule has 42 heavy (non-hydrogen) atoms. The van der Waals surface area contributed by atoms with Crippen molar-refractivity contribution in [2.24, 2.45) is 0 Å². The van der Waals surface area contributed by atoms with Gasteiger partial charge in [-0.15, -0.1) is 0 Å². The Morgan fingerprint density at radius 3 is 2.05 bits per heavy atom. The first-order valence-corrected chi connectivity index (χ1v) is 13.8. The fourth-order valence-electron chi connectivity index (χ4n) is 4.46. The lowest BCUT2D eigenvalue weighted by Crippen LogP contribution is -2.54. The summed E-state index contributed by atoms with van der Waals surface area (Å²) in [6, 6.07) is 11.1. The van der Waals surface area contributed by atoms with Crippen LogP contribution in [0.1, 0.15) is 33.6 Å². The van der Waals surface area contributed by atoms with Crippen molar-refractivity contribution in [3.8, 4) is 5.75 Å². The van der Waals surface area contributed by atoms with E-state index in [1.807, 2.05) is 12.1 Å². The molecule has 4 amide bonds. The van der Waals surface area contributed by atoms with Gasteiger partial charge >= 0.3 is 0 Å². The van der Waals surface area contributed by atoms with E-state index in [2.05, 4.69) is 10.6 Å². The summed E-state index contributed by atoms with van der Waals surface area (Å²) in [5.74, 6) is -1.41. The number of nitrogen functional groups attached to an aromatic ring is 1. The molecule has 1 atom stereocenters. The number of anilines is 2. The summed E-state index contributed by atoms with van der Waals surface area (Å²) in [7, 11) is 0. The number of fused-ring (bicyclic) bond motifs is 1. The van der Waals surface area contributed by atoms with Crippen molar-refractivity contribution in [3.63, 3.8) is 0 Å². The molecule has 0 bridgehead atoms. The number of ether oxygens (including phenoxy) is 5. The molecule has 0 spiro atoms. The third kappa shape index (κ3) is 8.49. The SMILES string of the molecule is Nc1ccc(OCCOCCOCCOCCOCCNc2cccc3c2C(=O)N(C2CCC(=O)NC2=O)C3=O)cc1. The molecule has 2 aromatic rings. The monoisotopic (exact) mass is 584 g/mol. The highest BCUT2D eigenvalue weighted by molar-refractivity contribution is 6.25. The molecule has 0 aliphatic carbocycles. The van der Waals surface area contributed by atoms with Crippen molar-refractivity contribution in [2.45, 2.75) is 18.9 Å². The predicted molar refractivity (Wildman–Crippen MR) is 151 cm³/mol. The first kappa shape index (κ1) is 30.9. The molecule has 4 rings (SSSR count). The fraction of sp³-hybridized carbons (Fsp3) is 0.448. The average molecular weight is 585 g/mol. The Morgan fingerprint density at radius 2 is 1.40 bits per heavy atom. The maximum Gasteiger partial charge on any atom is 0.264 e. The normalized spacial score (nSPS) is 16.5. The van der Waals surface area contributed by atoms with E-state index >= 15 is 0 Å². The Hall–Kier alpha value is -4.04. The van der Waals surface area contributed by atoms with Gasteiger partial charge in [0, 0.05) is 24.3 Å². The number of imide groups is 2. The van der Waals surface area contributed by atoms with Crippen LogP contribution in [-0.2, 0) is 28.5 Å². The third-order valence-electron chi connectivity index (χ3n) is 6.52. The average Bonchev–Trinajstić information content (AvgIpc) is 3.23. The van der Waals surface area contributed by atoms with Crippen LogP contribution in [0.4, 0.5) is 11.4 Å². The summed E-state index contributed by atoms with van der Waals surface area (Å²) in [6.45, 7) is 4.20. The molecule has 2 aliphatic rings. The van der Waals surface area contributed by atoms with Crippen LogP contribution in [-0.4, -0.2) is 101 Å². The van der Waals surface area contributed by atoms with E-state index in [-0.39, 0.29) is 24.0 Å². The molecule has 13 heteroatoms. The zero-order valence-electron chi connectivity index (χ0n) is 23.3. The molecule has 1 unspecified atom stereocenters. The van der Waals surface area contributed by atoms with Crippen molar-refractivity contribution in [2.75, 3.05) is 77.1 Å². The molecule has 13 nitrogen and oxygen atoms in total. The number of nitrogens with two attached hydrogens (primary N) is 1. The smallest absolute Gasteiger partial charge is 0.264 e. The second-order valence-corrected chi connectivity index (χ2v) is 9.47. The summed E-state index contributed by atoms with van der Waals surface area (Å²) in [4.78, 5) is 50.7. The summed E-state index contributed by atoms with van der Waals surface area (Å²) < 4.78 is 27.5. The zero-order valence-corrected chi connectivity index (χ0v) is 23.3. The molecule has 2 heterocycles. The van der Waals surface area contributed by atoms with Crippen molar-refractivity contribution < 1.29 is 42.9 Å². The Morgan fingerprint density at radius 1 is 0.786 bits per heavy atom. The van der Waals surface area contributed by atoms with E-state index in [4.69, 9.17) is 29.4 Å². The number of piperidine rings is 1. The molecule has 0 radical (unpaired) electrons. The van der Waals surface area contributed by atoms with E-state index in [0.29, 0.717) is 77.4 Å². The van der Waals surface area contributed by atoms with Gasteiger partial charge in [0.25, 0.3) is 11.8 Å². The number of hydrogen-bond acceptors (Lipinski definition) is 11. The van der Waals surface area contributed by atoms with Crippen LogP contribution in [0.2, 0.25) is 0 Å². The number of carbonyl (C=O) groups excluding carboxylic acids is 4. The first-order chi connectivity index (χ1) is 20.5. The Kier molecular flexibility index (Phi) is 11.6. The summed E-state index contributed by atoms with van der Waals surface area (Å²) in [5.41, 5.74) is 7.24. The number of hydrogen-bond donors (Lipinski definition) is 3. The molecule has 0 aromatic heterocycles. The highest BCUT2D eigenvalue weighted by Crippen LogP contribution is 2.32. The molecule has 2 aliphatic heterocycles. The fourth-order valence-corrected chi connectivity index (χ4v) is 4.46. The zero-order chi connectivity index (χ0) is 29.7. The maximum atomic E-state index is 13.1. The van der Waals surface area contributed by atoms with Crippen LogP contribution in [0, 0.1) is 0 Å². The van der Waals surface area contributed by atoms with Gasteiger partial charge in [-0.25, -0.2) is 0 Å². The molecule has 2 aromatic carbocycles. The second-order valence-electron chi connectivity index (χ2n) is 9.47. The summed E-state index contributed by atoms with van der Waals surface area (Å²) in [5, 5.41) is 5.32. The number of carbonyl (C=O) groups is 4. The molecule has 226 valence electrons. The van der Waals surface area contributed by atoms with Gasteiger partial charge in [-0.05, 0) is 42.8 Å². The van der Waals surface area contributed by atoms with Crippen LogP contribution < -0.4 is 21.1 Å². The quantitative estimate of drug-likeness (QED) is 0.131. The van der Waals surface area contributed by atoms with Gasteiger partial charge in [-0.1, -0.05) is 6.07 Å². The van der Waals surface area contributed by atoms with Crippen molar-refractivity contribution in [1.82, 2.24) is 10.2 Å². The van der Waals surface area contributed by atoms with Gasteiger partial charge in [-0.3, -0.25) is 29.4 Å². The van der Waals surface area contributed by atoms with Crippen LogP contribution in [0.5, 0.6) is 5.75 Å². The van der Waals surface area contributed by atoms with Crippen molar-refractivity contribution in [1.29, 1.82) is 0 Å². The van der Waals surface area contributed by atoms with Gasteiger partial charge in [0.15, 0.2) is 0 Å². The van der Waals surface area contributed by atoms with Gasteiger partial charge in [-0.2, -0.15) is 0 Å². The maximum absolute atomic E-state index is 13.1. The van der Waals surface area contributed by atoms with Gasteiger partial charge < -0.3 is 34.7 Å². The standard InChI is InChI=1S/C29H36N4O9/c30-20-4-6-21(7-5-20)42-19-18-41-17-16-40-15-14-39-13-12-38-11-10-31-23-3-1-2-22-26(23)29(37)33(28(22)36)24-8-9-25(34)32-27(24)35/h1-7,24,31H,8-19,30H2,(H,32,34,35). The van der Waals surface area contributed by atoms with E-state index in [9.17, 15) is 19.2 Å². The minimum absolute atomic E-state index is 0.0707. The highest BCUT2D eigenvalue weighted by Gasteiger charge is 2.45. The molecule has 1 saturated heterocycles. The molecule has 4 N–H and O–H groups in total. The molecule has 0 saturated carbocycles. The number of nitrogens with zero attached hydrogens (tertiary/aromatic N) is 1. The minimum atomic E-state index is -1.00. The Bertz CT molecular complexity index is 1240. The number of nitrogens with one attached hydrogen (secondary N) is 2. The van der Waals surface area contributed by atoms with Crippen LogP contribution in [0.3, 0.4) is 0 Å². The second kappa shape index (κ2) is 15.8. The predicted octanol–water partition coefficient (Wildman–Crippen LogP) is 1.23. The number of amides is 4. The summed E-state index contributed by atoms with van der Waals surface area (Å²) in [6.07, 6.45) is 0.180. The Labute approximate surface area is 243 Å². The Balaban J connectivity index is 1.01. The van der Waals surface area contributed by atoms with Crippen LogP contribution >= 0.6 is 0 Å². The lowest BCUT2D eigenvalue weighted by Gasteiger charge is -2.27. The van der Waals surface area contributed by atoms with E-state index in [1.54, 1.807) is 30.3 Å². The number of benzene rings is 2. The molecular formula is C29H36N4O9. The van der Waals surface area contributed by atoms with E-state index in [0.717, 1.165) is 10.6 Å². The molecular weight excluding hydrogens is 548 g/mol. The van der Waals surface area contributed by atoms with Crippen LogP contribution in [0.25, 0.3) is 0 Å². The highest BCUT2D eigenvalue weighted by atomic mass is 16.6. The van der Waals surface area contributed by atoms with Gasteiger partial charge in [0.1, 0.15) is 18.4 Å². The third-order valence-corrected chi connectivity index (χ3v) is 6.52. The number of rotatable bonds is 18. The van der Waals surface area contributed by atoms with Crippen LogP contribution in [0.15, 0.2) is 42.5 Å². The topological polar surface area (TPSA) is 168 Å². The van der Waals surface area contributed by atoms with Gasteiger partial charge in [0.2, 0.25) is 11.8 Å². The first-order valence-electron chi connectivity index (χ1n) is 13.8. The lowest BCUT2D eigenvalue weighted by atomic mass is 10.0. The van der Waals surface area contributed by atoms with E-state index in [1.165, 1.54) is 0 Å². The minimum Gasteiger partial charge on any atom is -0.491 e. The lowest BCUT2D eigenvalue weighted by molar-refractivity contribution is -0.136.